The average Bonchev–Trinajstić information content (AvgIpc) is 2.48. The molecule has 1 aliphatic rings. The number of primary amides is 1. The molecule has 0 bridgehead atoms. The monoisotopic (exact) mass is 322 g/mol. The zero-order valence-corrected chi connectivity index (χ0v) is 12.7. The molecule has 2 amide bonds. The van der Waals surface area contributed by atoms with Gasteiger partial charge >= 0.3 is 0 Å². The van der Waals surface area contributed by atoms with E-state index in [2.05, 4.69) is 0 Å². The SMILES string of the molecule is CC1CCCN(C(=O)Cn2cc([N+](=O)[O-])cc(C(N)=O)c2=O)C1. The van der Waals surface area contributed by atoms with Gasteiger partial charge in [-0.2, -0.15) is 0 Å². The molecule has 1 aliphatic heterocycles. The molecular formula is C14H18N4O5. The Morgan fingerprint density at radius 2 is 2.17 bits per heavy atom. The number of pyridine rings is 1. The lowest BCUT2D eigenvalue weighted by Gasteiger charge is -2.31. The molecule has 0 aliphatic carbocycles. The summed E-state index contributed by atoms with van der Waals surface area (Å²) in [7, 11) is 0. The number of nitro groups is 1. The predicted octanol–water partition coefficient (Wildman–Crippen LogP) is 0.114. The van der Waals surface area contributed by atoms with Crippen LogP contribution in [-0.2, 0) is 11.3 Å². The number of rotatable bonds is 4. The van der Waals surface area contributed by atoms with Gasteiger partial charge in [0, 0.05) is 19.2 Å². The molecule has 23 heavy (non-hydrogen) atoms. The Morgan fingerprint density at radius 3 is 2.74 bits per heavy atom. The first kappa shape index (κ1) is 16.7. The highest BCUT2D eigenvalue weighted by Gasteiger charge is 2.23. The Balaban J connectivity index is 2.31. The van der Waals surface area contributed by atoms with Crippen LogP contribution in [0.3, 0.4) is 0 Å². The fourth-order valence-corrected chi connectivity index (χ4v) is 2.68. The van der Waals surface area contributed by atoms with Gasteiger partial charge in [0.15, 0.2) is 0 Å². The summed E-state index contributed by atoms with van der Waals surface area (Å²) in [5.41, 5.74) is 3.31. The third-order valence-corrected chi connectivity index (χ3v) is 3.86. The summed E-state index contributed by atoms with van der Waals surface area (Å²) in [6.45, 7) is 2.86. The lowest BCUT2D eigenvalue weighted by Crippen LogP contribution is -2.42. The van der Waals surface area contributed by atoms with E-state index in [1.807, 2.05) is 6.92 Å². The number of carbonyl (C=O) groups is 2. The second kappa shape index (κ2) is 6.59. The second-order valence-corrected chi connectivity index (χ2v) is 5.75. The number of hydrogen-bond acceptors (Lipinski definition) is 5. The highest BCUT2D eigenvalue weighted by molar-refractivity contribution is 5.93. The summed E-state index contributed by atoms with van der Waals surface area (Å²) in [4.78, 5) is 47.5. The molecule has 1 aromatic rings. The number of nitrogens with zero attached hydrogens (tertiary/aromatic N) is 3. The lowest BCUT2D eigenvalue weighted by molar-refractivity contribution is -0.385. The van der Waals surface area contributed by atoms with Crippen molar-refractivity contribution in [2.75, 3.05) is 13.1 Å². The van der Waals surface area contributed by atoms with Crippen LogP contribution in [0.1, 0.15) is 30.1 Å². The lowest BCUT2D eigenvalue weighted by atomic mass is 10.0. The number of nitrogens with two attached hydrogens (primary N) is 1. The van der Waals surface area contributed by atoms with Crippen LogP contribution in [0.4, 0.5) is 5.69 Å². The summed E-state index contributed by atoms with van der Waals surface area (Å²) < 4.78 is 0.875. The summed E-state index contributed by atoms with van der Waals surface area (Å²) in [5.74, 6) is -1.00. The topological polar surface area (TPSA) is 129 Å². The van der Waals surface area contributed by atoms with Gasteiger partial charge in [0.2, 0.25) is 5.91 Å². The van der Waals surface area contributed by atoms with E-state index in [0.717, 1.165) is 29.7 Å². The first-order valence-electron chi connectivity index (χ1n) is 7.26. The van der Waals surface area contributed by atoms with E-state index in [-0.39, 0.29) is 12.5 Å². The fourth-order valence-electron chi connectivity index (χ4n) is 2.68. The van der Waals surface area contributed by atoms with E-state index in [4.69, 9.17) is 5.73 Å². The molecule has 0 aromatic carbocycles. The largest absolute Gasteiger partial charge is 0.365 e. The van der Waals surface area contributed by atoms with Crippen molar-refractivity contribution in [3.05, 3.63) is 38.3 Å². The van der Waals surface area contributed by atoms with Crippen LogP contribution in [0, 0.1) is 16.0 Å². The van der Waals surface area contributed by atoms with Crippen LogP contribution in [0.2, 0.25) is 0 Å². The molecule has 1 saturated heterocycles. The van der Waals surface area contributed by atoms with Crippen LogP contribution in [0.15, 0.2) is 17.1 Å². The normalized spacial score (nSPS) is 17.8. The number of amides is 2. The molecule has 9 heteroatoms. The van der Waals surface area contributed by atoms with Crippen molar-refractivity contribution in [2.24, 2.45) is 11.7 Å². The molecule has 1 fully saturated rings. The van der Waals surface area contributed by atoms with Gasteiger partial charge in [-0.1, -0.05) is 6.92 Å². The van der Waals surface area contributed by atoms with E-state index in [1.165, 1.54) is 0 Å². The maximum Gasteiger partial charge on any atom is 0.286 e. The third kappa shape index (κ3) is 3.74. The molecule has 1 aromatic heterocycles. The van der Waals surface area contributed by atoms with Crippen molar-refractivity contribution in [1.29, 1.82) is 0 Å². The Hall–Kier alpha value is -2.71. The standard InChI is InChI=1S/C14H18N4O5/c1-9-3-2-4-16(6-9)12(19)8-17-7-10(18(22)23)5-11(13(15)20)14(17)21/h5,7,9H,2-4,6,8H2,1H3,(H2,15,20). The molecule has 0 radical (unpaired) electrons. The molecule has 9 nitrogen and oxygen atoms in total. The van der Waals surface area contributed by atoms with Crippen molar-refractivity contribution in [3.8, 4) is 0 Å². The maximum atomic E-state index is 12.3. The number of aromatic nitrogens is 1. The van der Waals surface area contributed by atoms with Gasteiger partial charge in [-0.25, -0.2) is 0 Å². The quantitative estimate of drug-likeness (QED) is 0.621. The first-order valence-corrected chi connectivity index (χ1v) is 7.26. The minimum atomic E-state index is -1.06. The van der Waals surface area contributed by atoms with Gasteiger partial charge in [-0.05, 0) is 18.8 Å². The molecule has 2 rings (SSSR count). The van der Waals surface area contributed by atoms with Gasteiger partial charge in [0.1, 0.15) is 12.1 Å². The zero-order valence-electron chi connectivity index (χ0n) is 12.7. The molecule has 1 atom stereocenters. The molecule has 0 saturated carbocycles. The first-order chi connectivity index (χ1) is 10.8. The number of hydrogen-bond donors (Lipinski definition) is 1. The minimum Gasteiger partial charge on any atom is -0.365 e. The van der Waals surface area contributed by atoms with E-state index in [1.54, 1.807) is 4.90 Å². The summed E-state index contributed by atoms with van der Waals surface area (Å²) in [6, 6.07) is 0.828. The Kier molecular flexibility index (Phi) is 4.77. The minimum absolute atomic E-state index is 0.311. The summed E-state index contributed by atoms with van der Waals surface area (Å²) in [6.07, 6.45) is 2.87. The third-order valence-electron chi connectivity index (χ3n) is 3.86. The summed E-state index contributed by atoms with van der Waals surface area (Å²) >= 11 is 0. The number of likely N-dealkylation sites (tertiary alicyclic amines) is 1. The van der Waals surface area contributed by atoms with E-state index in [9.17, 15) is 24.5 Å². The Morgan fingerprint density at radius 1 is 1.48 bits per heavy atom. The van der Waals surface area contributed by atoms with E-state index >= 15 is 0 Å². The van der Waals surface area contributed by atoms with Crippen molar-refractivity contribution in [3.63, 3.8) is 0 Å². The van der Waals surface area contributed by atoms with Crippen molar-refractivity contribution < 1.29 is 14.5 Å². The Labute approximate surface area is 131 Å². The summed E-state index contributed by atoms with van der Waals surface area (Å²) in [5, 5.41) is 10.9. The molecule has 0 spiro atoms. The van der Waals surface area contributed by atoms with Crippen molar-refractivity contribution >= 4 is 17.5 Å². The van der Waals surface area contributed by atoms with Crippen LogP contribution < -0.4 is 11.3 Å². The molecule has 2 heterocycles. The Bertz CT molecular complexity index is 712. The predicted molar refractivity (Wildman–Crippen MR) is 80.9 cm³/mol. The van der Waals surface area contributed by atoms with Gasteiger partial charge < -0.3 is 10.6 Å². The second-order valence-electron chi connectivity index (χ2n) is 5.75. The van der Waals surface area contributed by atoms with Gasteiger partial charge in [0.05, 0.1) is 11.1 Å². The van der Waals surface area contributed by atoms with Gasteiger partial charge in [-0.15, -0.1) is 0 Å². The average molecular weight is 322 g/mol. The molecule has 124 valence electrons. The maximum absolute atomic E-state index is 12.3. The van der Waals surface area contributed by atoms with Gasteiger partial charge in [0.25, 0.3) is 17.2 Å². The number of piperidine rings is 1. The van der Waals surface area contributed by atoms with Crippen LogP contribution in [0.5, 0.6) is 0 Å². The fraction of sp³-hybridized carbons (Fsp3) is 0.500. The highest BCUT2D eigenvalue weighted by atomic mass is 16.6. The molecule has 2 N–H and O–H groups in total. The molecule has 1 unspecified atom stereocenters. The van der Waals surface area contributed by atoms with E-state index in [0.29, 0.717) is 19.0 Å². The molecular weight excluding hydrogens is 304 g/mol. The number of carbonyl (C=O) groups excluding carboxylic acids is 2. The van der Waals surface area contributed by atoms with Crippen molar-refractivity contribution in [2.45, 2.75) is 26.3 Å². The van der Waals surface area contributed by atoms with Crippen LogP contribution >= 0.6 is 0 Å². The van der Waals surface area contributed by atoms with Crippen molar-refractivity contribution in [1.82, 2.24) is 9.47 Å². The zero-order chi connectivity index (χ0) is 17.1. The van der Waals surface area contributed by atoms with E-state index < -0.39 is 27.6 Å². The van der Waals surface area contributed by atoms with Gasteiger partial charge in [-0.3, -0.25) is 29.1 Å². The van der Waals surface area contributed by atoms with Crippen LogP contribution in [-0.4, -0.2) is 39.3 Å². The smallest absolute Gasteiger partial charge is 0.286 e. The highest BCUT2D eigenvalue weighted by Crippen LogP contribution is 2.16. The van der Waals surface area contributed by atoms with Crippen LogP contribution in [0.25, 0.3) is 0 Å².